The molecule has 3 heterocycles. The van der Waals surface area contributed by atoms with Crippen LogP contribution in [0.3, 0.4) is 0 Å². The molecule has 1 fully saturated rings. The molecule has 1 aromatic heterocycles. The van der Waals surface area contributed by atoms with Gasteiger partial charge in [-0.3, -0.25) is 15.0 Å². The van der Waals surface area contributed by atoms with E-state index >= 15 is 0 Å². The third-order valence-electron chi connectivity index (χ3n) is 5.63. The highest BCUT2D eigenvalue weighted by molar-refractivity contribution is 5.74. The summed E-state index contributed by atoms with van der Waals surface area (Å²) in [5.74, 6) is 1.15. The van der Waals surface area contributed by atoms with E-state index in [1.54, 1.807) is 12.1 Å². The van der Waals surface area contributed by atoms with Crippen molar-refractivity contribution in [1.29, 1.82) is 0 Å². The van der Waals surface area contributed by atoms with Crippen LogP contribution in [0.25, 0.3) is 0 Å². The summed E-state index contributed by atoms with van der Waals surface area (Å²) in [6.07, 6.45) is 1.25. The molecule has 0 amide bonds. The molecule has 10 nitrogen and oxygen atoms in total. The third-order valence-corrected chi connectivity index (χ3v) is 5.63. The van der Waals surface area contributed by atoms with E-state index < -0.39 is 10.7 Å². The smallest absolute Gasteiger partial charge is 0.353 e. The molecule has 2 aliphatic rings. The average Bonchev–Trinajstić information content (AvgIpc) is 3.29. The standard InChI is InChI=1S/C22H21FN6O4/c23-16-3-1-2-4-17(16)26-21-20(29(30)31)22(25-13-24-21)28-9-7-27(8-10-28)12-15-5-6-18-19(11-15)33-14-32-18/h1-6,11,13H,7-10,12,14H2,(H,24,25,26). The molecular weight excluding hydrogens is 431 g/mol. The van der Waals surface area contributed by atoms with E-state index in [-0.39, 0.29) is 29.8 Å². The maximum atomic E-state index is 14.1. The number of aromatic nitrogens is 2. The number of anilines is 3. The lowest BCUT2D eigenvalue weighted by atomic mass is 10.1. The number of halogens is 1. The summed E-state index contributed by atoms with van der Waals surface area (Å²) in [7, 11) is 0. The molecule has 0 aliphatic carbocycles. The average molecular weight is 452 g/mol. The minimum absolute atomic E-state index is 0.0436. The largest absolute Gasteiger partial charge is 0.454 e. The Kier molecular flexibility index (Phi) is 5.61. The summed E-state index contributed by atoms with van der Waals surface area (Å²) in [4.78, 5) is 23.7. The van der Waals surface area contributed by atoms with Crippen LogP contribution in [0, 0.1) is 15.9 Å². The number of nitrogens with zero attached hydrogens (tertiary/aromatic N) is 5. The van der Waals surface area contributed by atoms with E-state index in [9.17, 15) is 14.5 Å². The molecule has 11 heteroatoms. The summed E-state index contributed by atoms with van der Waals surface area (Å²) < 4.78 is 24.9. The second-order valence-electron chi connectivity index (χ2n) is 7.71. The van der Waals surface area contributed by atoms with E-state index in [4.69, 9.17) is 9.47 Å². The highest BCUT2D eigenvalue weighted by Crippen LogP contribution is 2.35. The summed E-state index contributed by atoms with van der Waals surface area (Å²) in [6.45, 7) is 3.49. The predicted molar refractivity (Wildman–Crippen MR) is 118 cm³/mol. The van der Waals surface area contributed by atoms with Crippen molar-refractivity contribution in [2.75, 3.05) is 43.2 Å². The SMILES string of the molecule is O=[N+]([O-])c1c(Nc2ccccc2F)ncnc1N1CCN(Cc2ccc3c(c2)OCO3)CC1. The summed E-state index contributed by atoms with van der Waals surface area (Å²) >= 11 is 0. The van der Waals surface area contributed by atoms with Crippen molar-refractivity contribution in [2.24, 2.45) is 0 Å². The molecule has 2 aliphatic heterocycles. The Morgan fingerprint density at radius 1 is 1.06 bits per heavy atom. The number of para-hydroxylation sites is 1. The third kappa shape index (κ3) is 4.35. The second kappa shape index (κ2) is 8.87. The number of benzene rings is 2. The number of piperazine rings is 1. The Labute approximate surface area is 188 Å². The number of fused-ring (bicyclic) bond motifs is 1. The Morgan fingerprint density at radius 2 is 1.85 bits per heavy atom. The van der Waals surface area contributed by atoms with Crippen LogP contribution in [0.4, 0.5) is 27.4 Å². The second-order valence-corrected chi connectivity index (χ2v) is 7.71. The number of nitrogens with one attached hydrogen (secondary N) is 1. The first-order valence-corrected chi connectivity index (χ1v) is 10.5. The maximum Gasteiger partial charge on any atom is 0.353 e. The Morgan fingerprint density at radius 3 is 2.64 bits per heavy atom. The first-order chi connectivity index (χ1) is 16.1. The molecule has 3 aromatic rings. The molecule has 0 atom stereocenters. The van der Waals surface area contributed by atoms with Gasteiger partial charge in [0.05, 0.1) is 10.6 Å². The zero-order chi connectivity index (χ0) is 22.8. The van der Waals surface area contributed by atoms with Gasteiger partial charge in [0.1, 0.15) is 12.1 Å². The van der Waals surface area contributed by atoms with Crippen LogP contribution in [0.2, 0.25) is 0 Å². The van der Waals surface area contributed by atoms with E-state index in [1.807, 2.05) is 23.1 Å². The molecule has 0 radical (unpaired) electrons. The molecule has 1 N–H and O–H groups in total. The fourth-order valence-corrected chi connectivity index (χ4v) is 3.97. The lowest BCUT2D eigenvalue weighted by Gasteiger charge is -2.35. The normalized spacial score (nSPS) is 15.5. The first-order valence-electron chi connectivity index (χ1n) is 10.5. The van der Waals surface area contributed by atoms with Crippen molar-refractivity contribution in [2.45, 2.75) is 6.54 Å². The number of ether oxygens (including phenoxy) is 2. The monoisotopic (exact) mass is 452 g/mol. The summed E-state index contributed by atoms with van der Waals surface area (Å²) in [5, 5.41) is 14.6. The molecule has 0 bridgehead atoms. The molecule has 5 rings (SSSR count). The highest BCUT2D eigenvalue weighted by atomic mass is 19.1. The van der Waals surface area contributed by atoms with E-state index in [2.05, 4.69) is 20.2 Å². The Hall–Kier alpha value is -3.99. The maximum absolute atomic E-state index is 14.1. The van der Waals surface area contributed by atoms with Crippen LogP contribution in [-0.2, 0) is 6.54 Å². The van der Waals surface area contributed by atoms with Crippen molar-refractivity contribution in [1.82, 2.24) is 14.9 Å². The van der Waals surface area contributed by atoms with Crippen molar-refractivity contribution in [3.05, 3.63) is 70.3 Å². The van der Waals surface area contributed by atoms with Crippen LogP contribution in [0.15, 0.2) is 48.8 Å². The van der Waals surface area contributed by atoms with E-state index in [0.717, 1.165) is 23.6 Å². The minimum atomic E-state index is -0.530. The zero-order valence-corrected chi connectivity index (χ0v) is 17.6. The van der Waals surface area contributed by atoms with E-state index in [1.165, 1.54) is 18.5 Å². The van der Waals surface area contributed by atoms with Gasteiger partial charge >= 0.3 is 5.69 Å². The molecule has 170 valence electrons. The number of rotatable bonds is 6. The van der Waals surface area contributed by atoms with Gasteiger partial charge in [0.2, 0.25) is 18.4 Å². The van der Waals surface area contributed by atoms with Gasteiger partial charge < -0.3 is 19.7 Å². The van der Waals surface area contributed by atoms with Gasteiger partial charge in [0.15, 0.2) is 11.5 Å². The first kappa shape index (κ1) is 20.9. The fraction of sp³-hybridized carbons (Fsp3) is 0.273. The summed E-state index contributed by atoms with van der Waals surface area (Å²) in [5.41, 5.74) is 0.945. The molecule has 0 saturated carbocycles. The summed E-state index contributed by atoms with van der Waals surface area (Å²) in [6, 6.07) is 11.8. The molecule has 0 unspecified atom stereocenters. The number of hydrogen-bond acceptors (Lipinski definition) is 9. The zero-order valence-electron chi connectivity index (χ0n) is 17.6. The highest BCUT2D eigenvalue weighted by Gasteiger charge is 2.30. The number of nitro groups is 1. The quantitative estimate of drug-likeness (QED) is 0.445. The lowest BCUT2D eigenvalue weighted by molar-refractivity contribution is -0.383. The van der Waals surface area contributed by atoms with E-state index in [0.29, 0.717) is 26.2 Å². The molecule has 0 spiro atoms. The van der Waals surface area contributed by atoms with Gasteiger partial charge in [-0.05, 0) is 29.8 Å². The Bertz CT molecular complexity index is 1190. The lowest BCUT2D eigenvalue weighted by Crippen LogP contribution is -2.46. The fourth-order valence-electron chi connectivity index (χ4n) is 3.97. The van der Waals surface area contributed by atoms with Crippen LogP contribution >= 0.6 is 0 Å². The van der Waals surface area contributed by atoms with Gasteiger partial charge in [0.25, 0.3) is 0 Å². The van der Waals surface area contributed by atoms with Crippen LogP contribution in [0.5, 0.6) is 11.5 Å². The molecule has 1 saturated heterocycles. The minimum Gasteiger partial charge on any atom is -0.454 e. The van der Waals surface area contributed by atoms with Gasteiger partial charge in [-0.15, -0.1) is 0 Å². The van der Waals surface area contributed by atoms with Gasteiger partial charge in [-0.2, -0.15) is 0 Å². The Balaban J connectivity index is 1.30. The van der Waals surface area contributed by atoms with Crippen LogP contribution in [-0.4, -0.2) is 52.8 Å². The predicted octanol–water partition coefficient (Wildman–Crippen LogP) is 3.32. The van der Waals surface area contributed by atoms with Crippen LogP contribution in [0.1, 0.15) is 5.56 Å². The van der Waals surface area contributed by atoms with Gasteiger partial charge in [-0.25, -0.2) is 14.4 Å². The number of hydrogen-bond donors (Lipinski definition) is 1. The molecule has 33 heavy (non-hydrogen) atoms. The molecule has 2 aromatic carbocycles. The van der Waals surface area contributed by atoms with Crippen molar-refractivity contribution < 1.29 is 18.8 Å². The van der Waals surface area contributed by atoms with Crippen molar-refractivity contribution >= 4 is 23.0 Å². The van der Waals surface area contributed by atoms with Crippen molar-refractivity contribution in [3.63, 3.8) is 0 Å². The topological polar surface area (TPSA) is 106 Å². The van der Waals surface area contributed by atoms with Crippen LogP contribution < -0.4 is 19.7 Å². The van der Waals surface area contributed by atoms with Gasteiger partial charge in [-0.1, -0.05) is 18.2 Å². The molecular formula is C22H21FN6O4. The van der Waals surface area contributed by atoms with Crippen molar-refractivity contribution in [3.8, 4) is 11.5 Å². The van der Waals surface area contributed by atoms with Gasteiger partial charge in [0, 0.05) is 32.7 Å².